The van der Waals surface area contributed by atoms with Gasteiger partial charge in [-0.15, -0.1) is 0 Å². The molecule has 6 nitrogen and oxygen atoms in total. The summed E-state index contributed by atoms with van der Waals surface area (Å²) in [5.41, 5.74) is -0.962. The molecule has 3 atom stereocenters. The minimum absolute atomic E-state index is 0.173. The Kier molecular flexibility index (Phi) is 2.45. The molecule has 6 heteroatoms. The monoisotopic (exact) mass is 212 g/mol. The third kappa shape index (κ3) is 1.73. The molecule has 0 spiro atoms. The third-order valence-electron chi connectivity index (χ3n) is 2.62. The molecule has 2 rings (SSSR count). The fraction of sp³-hybridized carbons (Fsp3) is 0.556. The predicted octanol–water partition coefficient (Wildman–Crippen LogP) is -0.938. The minimum atomic E-state index is -0.575. The van der Waals surface area contributed by atoms with Gasteiger partial charge in [0.15, 0.2) is 0 Å². The normalized spacial score (nSPS) is 30.7. The molecule has 1 aliphatic heterocycles. The van der Waals surface area contributed by atoms with Gasteiger partial charge in [0.05, 0.1) is 12.7 Å². The van der Waals surface area contributed by atoms with E-state index in [0.717, 1.165) is 0 Å². The van der Waals surface area contributed by atoms with Crippen LogP contribution in [0.2, 0.25) is 0 Å². The summed E-state index contributed by atoms with van der Waals surface area (Å²) < 4.78 is 6.56. The molecule has 15 heavy (non-hydrogen) atoms. The summed E-state index contributed by atoms with van der Waals surface area (Å²) in [4.78, 5) is 24.4. The number of nitrogens with one attached hydrogen (secondary N) is 1. The largest absolute Gasteiger partial charge is 0.390 e. The predicted molar refractivity (Wildman–Crippen MR) is 51.5 cm³/mol. The molecule has 1 aliphatic rings. The number of aliphatic hydroxyl groups is 1. The van der Waals surface area contributed by atoms with Gasteiger partial charge in [-0.25, -0.2) is 4.79 Å². The van der Waals surface area contributed by atoms with Crippen molar-refractivity contribution in [2.24, 2.45) is 5.92 Å². The number of aromatic amines is 1. The van der Waals surface area contributed by atoms with Crippen LogP contribution in [0.1, 0.15) is 13.2 Å². The molecular formula is C9H12N2O4. The van der Waals surface area contributed by atoms with E-state index in [2.05, 4.69) is 4.98 Å². The zero-order valence-corrected chi connectivity index (χ0v) is 8.21. The van der Waals surface area contributed by atoms with Gasteiger partial charge in [-0.3, -0.25) is 14.3 Å². The Morgan fingerprint density at radius 1 is 1.60 bits per heavy atom. The van der Waals surface area contributed by atoms with Crippen molar-refractivity contribution in [3.63, 3.8) is 0 Å². The summed E-state index contributed by atoms with van der Waals surface area (Å²) in [6, 6.07) is 1.25. The molecule has 1 fully saturated rings. The molecule has 0 bridgehead atoms. The zero-order valence-electron chi connectivity index (χ0n) is 8.21. The number of hydrogen-bond donors (Lipinski definition) is 2. The fourth-order valence-corrected chi connectivity index (χ4v) is 1.65. The first kappa shape index (κ1) is 10.1. The first-order valence-corrected chi connectivity index (χ1v) is 4.71. The van der Waals surface area contributed by atoms with E-state index in [1.807, 2.05) is 0 Å². The Bertz CT molecular complexity index is 464. The van der Waals surface area contributed by atoms with Gasteiger partial charge >= 0.3 is 5.69 Å². The standard InChI is InChI=1S/C9H12N2O4/c1-5-6(12)4-15-8(5)11-3-2-7(13)10-9(11)14/h2-3,5-6,8,12H,4H2,1H3,(H,10,13,14)/t5-,6+,8+/m0/s1. The van der Waals surface area contributed by atoms with Crippen molar-refractivity contribution in [3.05, 3.63) is 33.1 Å². The van der Waals surface area contributed by atoms with Crippen LogP contribution in [0.5, 0.6) is 0 Å². The molecule has 0 unspecified atom stereocenters. The fourth-order valence-electron chi connectivity index (χ4n) is 1.65. The van der Waals surface area contributed by atoms with Gasteiger partial charge in [-0.05, 0) is 0 Å². The molecule has 0 saturated carbocycles. The number of nitrogens with zero attached hydrogens (tertiary/aromatic N) is 1. The van der Waals surface area contributed by atoms with Crippen molar-refractivity contribution in [3.8, 4) is 0 Å². The maximum absolute atomic E-state index is 11.4. The highest BCUT2D eigenvalue weighted by Crippen LogP contribution is 2.28. The van der Waals surface area contributed by atoms with E-state index < -0.39 is 23.6 Å². The second kappa shape index (κ2) is 3.63. The molecule has 1 aromatic heterocycles. The highest BCUT2D eigenvalue weighted by Gasteiger charge is 2.34. The summed E-state index contributed by atoms with van der Waals surface area (Å²) in [5.74, 6) is -0.173. The SMILES string of the molecule is C[C@H]1[C@H](O)CO[C@H]1n1ccc(=O)[nH]c1=O. The van der Waals surface area contributed by atoms with E-state index in [0.29, 0.717) is 0 Å². The van der Waals surface area contributed by atoms with Crippen LogP contribution < -0.4 is 11.2 Å². The van der Waals surface area contributed by atoms with Crippen LogP contribution in [0.25, 0.3) is 0 Å². The molecule has 1 saturated heterocycles. The number of aliphatic hydroxyl groups excluding tert-OH is 1. The number of rotatable bonds is 1. The maximum atomic E-state index is 11.4. The lowest BCUT2D eigenvalue weighted by Gasteiger charge is -2.17. The molecular weight excluding hydrogens is 200 g/mol. The van der Waals surface area contributed by atoms with E-state index in [4.69, 9.17) is 4.74 Å². The molecule has 82 valence electrons. The van der Waals surface area contributed by atoms with Crippen LogP contribution in [-0.2, 0) is 4.74 Å². The topological polar surface area (TPSA) is 84.3 Å². The van der Waals surface area contributed by atoms with Gasteiger partial charge in [-0.2, -0.15) is 0 Å². The number of aromatic nitrogens is 2. The molecule has 2 heterocycles. The van der Waals surface area contributed by atoms with Crippen LogP contribution in [0.4, 0.5) is 0 Å². The molecule has 0 aromatic carbocycles. The summed E-state index contributed by atoms with van der Waals surface area (Å²) >= 11 is 0. The molecule has 0 amide bonds. The van der Waals surface area contributed by atoms with E-state index >= 15 is 0 Å². The van der Waals surface area contributed by atoms with Crippen molar-refractivity contribution in [2.45, 2.75) is 19.3 Å². The van der Waals surface area contributed by atoms with Crippen LogP contribution in [0, 0.1) is 5.92 Å². The highest BCUT2D eigenvalue weighted by atomic mass is 16.5. The quantitative estimate of drug-likeness (QED) is 0.629. The third-order valence-corrected chi connectivity index (χ3v) is 2.62. The summed E-state index contributed by atoms with van der Waals surface area (Å²) in [7, 11) is 0. The summed E-state index contributed by atoms with van der Waals surface area (Å²) in [5, 5.41) is 9.46. The van der Waals surface area contributed by atoms with Gasteiger partial charge < -0.3 is 9.84 Å². The molecule has 2 N–H and O–H groups in total. The number of H-pyrrole nitrogens is 1. The van der Waals surface area contributed by atoms with Crippen LogP contribution >= 0.6 is 0 Å². The molecule has 0 aliphatic carbocycles. The highest BCUT2D eigenvalue weighted by molar-refractivity contribution is 4.88. The van der Waals surface area contributed by atoms with Crippen molar-refractivity contribution < 1.29 is 9.84 Å². The lowest BCUT2D eigenvalue weighted by atomic mass is 10.1. The van der Waals surface area contributed by atoms with Gasteiger partial charge in [0, 0.05) is 18.2 Å². The second-order valence-electron chi connectivity index (χ2n) is 3.67. The average molecular weight is 212 g/mol. The lowest BCUT2D eigenvalue weighted by molar-refractivity contribution is 0.0320. The Balaban J connectivity index is 2.39. The van der Waals surface area contributed by atoms with Crippen LogP contribution in [-0.4, -0.2) is 27.4 Å². The minimum Gasteiger partial charge on any atom is -0.390 e. The lowest BCUT2D eigenvalue weighted by Crippen LogP contribution is -2.33. The Labute approximate surface area is 85.1 Å². The smallest absolute Gasteiger partial charge is 0.330 e. The van der Waals surface area contributed by atoms with Gasteiger partial charge in [0.2, 0.25) is 0 Å². The van der Waals surface area contributed by atoms with Crippen molar-refractivity contribution in [2.75, 3.05) is 6.61 Å². The Morgan fingerprint density at radius 2 is 2.33 bits per heavy atom. The maximum Gasteiger partial charge on any atom is 0.330 e. The van der Waals surface area contributed by atoms with Crippen molar-refractivity contribution in [1.29, 1.82) is 0 Å². The van der Waals surface area contributed by atoms with E-state index in [1.54, 1.807) is 6.92 Å². The number of ether oxygens (including phenoxy) is 1. The summed E-state index contributed by atoms with van der Waals surface area (Å²) in [6.07, 6.45) is 0.290. The van der Waals surface area contributed by atoms with Gasteiger partial charge in [0.1, 0.15) is 6.23 Å². The van der Waals surface area contributed by atoms with Crippen molar-refractivity contribution >= 4 is 0 Å². The average Bonchev–Trinajstić information content (AvgIpc) is 2.49. The Hall–Kier alpha value is -1.40. The van der Waals surface area contributed by atoms with E-state index in [9.17, 15) is 14.7 Å². The van der Waals surface area contributed by atoms with Crippen LogP contribution in [0.3, 0.4) is 0 Å². The van der Waals surface area contributed by atoms with Crippen molar-refractivity contribution in [1.82, 2.24) is 9.55 Å². The van der Waals surface area contributed by atoms with Gasteiger partial charge in [-0.1, -0.05) is 6.92 Å². The first-order valence-electron chi connectivity index (χ1n) is 4.71. The summed E-state index contributed by atoms with van der Waals surface area (Å²) in [6.45, 7) is 2.00. The molecule has 1 aromatic rings. The van der Waals surface area contributed by atoms with Crippen LogP contribution in [0.15, 0.2) is 21.9 Å². The number of hydrogen-bond acceptors (Lipinski definition) is 4. The van der Waals surface area contributed by atoms with E-state index in [1.165, 1.54) is 16.8 Å². The molecule has 0 radical (unpaired) electrons. The van der Waals surface area contributed by atoms with E-state index in [-0.39, 0.29) is 12.5 Å². The Morgan fingerprint density at radius 3 is 2.87 bits per heavy atom. The first-order chi connectivity index (χ1) is 7.09. The van der Waals surface area contributed by atoms with Gasteiger partial charge in [0.25, 0.3) is 5.56 Å². The zero-order chi connectivity index (χ0) is 11.0. The second-order valence-corrected chi connectivity index (χ2v) is 3.67.